The van der Waals surface area contributed by atoms with Gasteiger partial charge in [0.1, 0.15) is 12.4 Å². The van der Waals surface area contributed by atoms with E-state index in [1.54, 1.807) is 0 Å². The predicted molar refractivity (Wildman–Crippen MR) is 64.1 cm³/mol. The van der Waals surface area contributed by atoms with E-state index < -0.39 is 17.8 Å². The van der Waals surface area contributed by atoms with Crippen LogP contribution >= 0.6 is 0 Å². The lowest BCUT2D eigenvalue weighted by Crippen LogP contribution is -2.07. The van der Waals surface area contributed by atoms with Crippen LogP contribution in [0.25, 0.3) is 0 Å². The fourth-order valence-corrected chi connectivity index (χ4v) is 1.64. The molecule has 0 amide bonds. The van der Waals surface area contributed by atoms with Gasteiger partial charge in [-0.1, -0.05) is 12.1 Å². The SMILES string of the molecule is COc1cc(C(O)c2ccc(C(F)(F)F)cc2)ncn1. The van der Waals surface area contributed by atoms with E-state index in [1.807, 2.05) is 0 Å². The molecule has 0 aliphatic rings. The maximum atomic E-state index is 12.4. The highest BCUT2D eigenvalue weighted by atomic mass is 19.4. The molecule has 0 saturated heterocycles. The minimum atomic E-state index is -4.40. The Bertz CT molecular complexity index is 585. The topological polar surface area (TPSA) is 55.2 Å². The molecule has 2 aromatic rings. The third kappa shape index (κ3) is 3.05. The summed E-state index contributed by atoms with van der Waals surface area (Å²) in [4.78, 5) is 7.66. The molecule has 0 saturated carbocycles. The van der Waals surface area contributed by atoms with Crippen molar-refractivity contribution in [2.75, 3.05) is 7.11 Å². The normalized spacial score (nSPS) is 13.1. The van der Waals surface area contributed by atoms with Gasteiger partial charge in [-0.15, -0.1) is 0 Å². The number of rotatable bonds is 3. The van der Waals surface area contributed by atoms with Gasteiger partial charge in [0.2, 0.25) is 5.88 Å². The number of alkyl halides is 3. The van der Waals surface area contributed by atoms with E-state index in [4.69, 9.17) is 4.74 Å². The summed E-state index contributed by atoms with van der Waals surface area (Å²) in [5.41, 5.74) is -0.218. The minimum Gasteiger partial charge on any atom is -0.481 e. The number of ether oxygens (including phenoxy) is 1. The summed E-state index contributed by atoms with van der Waals surface area (Å²) in [5, 5.41) is 10.1. The molecule has 1 aromatic heterocycles. The molecule has 1 N–H and O–H groups in total. The molecular formula is C13H11F3N2O2. The highest BCUT2D eigenvalue weighted by Crippen LogP contribution is 2.30. The van der Waals surface area contributed by atoms with E-state index in [2.05, 4.69) is 9.97 Å². The second kappa shape index (κ2) is 5.46. The lowest BCUT2D eigenvalue weighted by molar-refractivity contribution is -0.137. The van der Waals surface area contributed by atoms with Crippen molar-refractivity contribution in [1.29, 1.82) is 0 Å². The molecule has 1 heterocycles. The highest BCUT2D eigenvalue weighted by molar-refractivity contribution is 5.31. The molecule has 1 atom stereocenters. The van der Waals surface area contributed by atoms with Crippen LogP contribution in [0.15, 0.2) is 36.7 Å². The summed E-state index contributed by atoms with van der Waals surface area (Å²) >= 11 is 0. The quantitative estimate of drug-likeness (QED) is 0.941. The zero-order chi connectivity index (χ0) is 14.8. The van der Waals surface area contributed by atoms with Crippen LogP contribution in [0, 0.1) is 0 Å². The first kappa shape index (κ1) is 14.3. The summed E-state index contributed by atoms with van der Waals surface area (Å²) in [6, 6.07) is 5.67. The van der Waals surface area contributed by atoms with Crippen molar-refractivity contribution in [1.82, 2.24) is 9.97 Å². The van der Waals surface area contributed by atoms with Crippen LogP contribution in [-0.4, -0.2) is 22.2 Å². The van der Waals surface area contributed by atoms with Crippen molar-refractivity contribution in [3.8, 4) is 5.88 Å². The van der Waals surface area contributed by atoms with Crippen LogP contribution in [0.4, 0.5) is 13.2 Å². The second-order valence-corrected chi connectivity index (χ2v) is 4.01. The maximum absolute atomic E-state index is 12.4. The maximum Gasteiger partial charge on any atom is 0.416 e. The Hall–Kier alpha value is -2.15. The molecule has 0 aliphatic carbocycles. The fraction of sp³-hybridized carbons (Fsp3) is 0.231. The molecule has 106 valence electrons. The lowest BCUT2D eigenvalue weighted by atomic mass is 10.0. The first-order valence-electron chi connectivity index (χ1n) is 5.63. The zero-order valence-electron chi connectivity index (χ0n) is 10.4. The second-order valence-electron chi connectivity index (χ2n) is 4.01. The Labute approximate surface area is 112 Å². The van der Waals surface area contributed by atoms with Gasteiger partial charge in [-0.25, -0.2) is 9.97 Å². The van der Waals surface area contributed by atoms with E-state index in [1.165, 1.54) is 31.6 Å². The number of aromatic nitrogens is 2. The first-order chi connectivity index (χ1) is 9.41. The minimum absolute atomic E-state index is 0.247. The molecule has 2 rings (SSSR count). The van der Waals surface area contributed by atoms with Gasteiger partial charge >= 0.3 is 6.18 Å². The van der Waals surface area contributed by atoms with Gasteiger partial charge < -0.3 is 9.84 Å². The summed E-state index contributed by atoms with van der Waals surface area (Å²) in [6.07, 6.45) is -4.34. The van der Waals surface area contributed by atoms with Gasteiger partial charge in [-0.2, -0.15) is 13.2 Å². The third-order valence-electron chi connectivity index (χ3n) is 2.71. The van der Waals surface area contributed by atoms with Crippen LogP contribution in [0.2, 0.25) is 0 Å². The summed E-state index contributed by atoms with van der Waals surface area (Å²) in [5.74, 6) is 0.265. The smallest absolute Gasteiger partial charge is 0.416 e. The number of hydrogen-bond donors (Lipinski definition) is 1. The van der Waals surface area contributed by atoms with Crippen molar-refractivity contribution >= 4 is 0 Å². The summed E-state index contributed by atoms with van der Waals surface area (Å²) in [6.45, 7) is 0. The number of nitrogens with zero attached hydrogens (tertiary/aromatic N) is 2. The number of aliphatic hydroxyl groups excluding tert-OH is 1. The molecule has 7 heteroatoms. The Morgan fingerprint density at radius 1 is 1.15 bits per heavy atom. The van der Waals surface area contributed by atoms with Crippen molar-refractivity contribution in [3.05, 3.63) is 53.5 Å². The number of benzene rings is 1. The largest absolute Gasteiger partial charge is 0.481 e. The van der Waals surface area contributed by atoms with E-state index in [0.717, 1.165) is 12.1 Å². The van der Waals surface area contributed by atoms with E-state index in [0.29, 0.717) is 5.56 Å². The molecule has 1 aromatic carbocycles. The molecule has 20 heavy (non-hydrogen) atoms. The molecular weight excluding hydrogens is 273 g/mol. The molecule has 4 nitrogen and oxygen atoms in total. The Kier molecular flexibility index (Phi) is 3.89. The molecule has 0 aliphatic heterocycles. The summed E-state index contributed by atoms with van der Waals surface area (Å²) < 4.78 is 42.2. The number of methoxy groups -OCH3 is 1. The molecule has 0 bridgehead atoms. The van der Waals surface area contributed by atoms with Gasteiger partial charge in [-0.3, -0.25) is 0 Å². The van der Waals surface area contributed by atoms with E-state index in [-0.39, 0.29) is 11.6 Å². The van der Waals surface area contributed by atoms with Crippen molar-refractivity contribution < 1.29 is 23.0 Å². The van der Waals surface area contributed by atoms with E-state index in [9.17, 15) is 18.3 Å². The molecule has 0 fully saturated rings. The van der Waals surface area contributed by atoms with Gasteiger partial charge in [-0.05, 0) is 17.7 Å². The van der Waals surface area contributed by atoms with Crippen LogP contribution < -0.4 is 4.74 Å². The summed E-state index contributed by atoms with van der Waals surface area (Å²) in [7, 11) is 1.41. The van der Waals surface area contributed by atoms with Gasteiger partial charge in [0.05, 0.1) is 18.4 Å². The average Bonchev–Trinajstić information content (AvgIpc) is 2.46. The van der Waals surface area contributed by atoms with Gasteiger partial charge in [0.25, 0.3) is 0 Å². The monoisotopic (exact) mass is 284 g/mol. The standard InChI is InChI=1S/C13H11F3N2O2/c1-20-11-6-10(17-7-18-11)12(19)8-2-4-9(5-3-8)13(14,15)16/h2-7,12,19H,1H3. The fourth-order valence-electron chi connectivity index (χ4n) is 1.64. The zero-order valence-corrected chi connectivity index (χ0v) is 10.4. The van der Waals surface area contributed by atoms with Crippen LogP contribution in [0.3, 0.4) is 0 Å². The van der Waals surface area contributed by atoms with Crippen LogP contribution in [0.5, 0.6) is 5.88 Å². The van der Waals surface area contributed by atoms with Crippen molar-refractivity contribution in [2.45, 2.75) is 12.3 Å². The van der Waals surface area contributed by atoms with Crippen LogP contribution in [0.1, 0.15) is 22.9 Å². The highest BCUT2D eigenvalue weighted by Gasteiger charge is 2.30. The van der Waals surface area contributed by atoms with Gasteiger partial charge in [0.15, 0.2) is 0 Å². The Balaban J connectivity index is 2.26. The van der Waals surface area contributed by atoms with Crippen molar-refractivity contribution in [3.63, 3.8) is 0 Å². The molecule has 0 spiro atoms. The van der Waals surface area contributed by atoms with Crippen molar-refractivity contribution in [2.24, 2.45) is 0 Å². The first-order valence-corrected chi connectivity index (χ1v) is 5.63. The molecule has 1 unspecified atom stereocenters. The average molecular weight is 284 g/mol. The number of halogens is 3. The number of hydrogen-bond acceptors (Lipinski definition) is 4. The lowest BCUT2D eigenvalue weighted by Gasteiger charge is -2.12. The Morgan fingerprint density at radius 3 is 2.35 bits per heavy atom. The third-order valence-corrected chi connectivity index (χ3v) is 2.71. The predicted octanol–water partition coefficient (Wildman–Crippen LogP) is 2.59. The van der Waals surface area contributed by atoms with E-state index >= 15 is 0 Å². The van der Waals surface area contributed by atoms with Crippen LogP contribution in [-0.2, 0) is 6.18 Å². The number of aliphatic hydroxyl groups is 1. The Morgan fingerprint density at radius 2 is 1.80 bits per heavy atom. The van der Waals surface area contributed by atoms with Gasteiger partial charge in [0, 0.05) is 6.07 Å². The molecule has 0 radical (unpaired) electrons.